The molecule has 2 rings (SSSR count). The summed E-state index contributed by atoms with van der Waals surface area (Å²) in [6.07, 6.45) is 0.305. The van der Waals surface area contributed by atoms with Gasteiger partial charge in [0.25, 0.3) is 5.69 Å². The Hall–Kier alpha value is -1.69. The van der Waals surface area contributed by atoms with Gasteiger partial charge in [-0.25, -0.2) is 0 Å². The molecule has 0 radical (unpaired) electrons. The molecule has 2 aromatic rings. The smallest absolute Gasteiger partial charge is 0.281 e. The zero-order valence-corrected chi connectivity index (χ0v) is 11.0. The van der Waals surface area contributed by atoms with E-state index in [-0.39, 0.29) is 24.7 Å². The summed E-state index contributed by atoms with van der Waals surface area (Å²) in [6.45, 7) is -0.0921. The van der Waals surface area contributed by atoms with Crippen LogP contribution in [0.3, 0.4) is 0 Å². The minimum Gasteiger partial charge on any atom is -0.396 e. The molecule has 0 spiro atoms. The molecule has 0 heterocycles. The molecule has 0 aliphatic heterocycles. The zero-order chi connectivity index (χ0) is 13.1. The van der Waals surface area contributed by atoms with Crippen LogP contribution in [0.4, 0.5) is 5.69 Å². The van der Waals surface area contributed by atoms with Crippen molar-refractivity contribution in [3.63, 3.8) is 0 Å². The van der Waals surface area contributed by atoms with Gasteiger partial charge in [-0.05, 0) is 23.9 Å². The van der Waals surface area contributed by atoms with Crippen molar-refractivity contribution in [3.05, 3.63) is 52.1 Å². The van der Waals surface area contributed by atoms with E-state index >= 15 is 0 Å². The molecule has 1 atom stereocenters. The van der Waals surface area contributed by atoms with E-state index in [0.717, 1.165) is 5.39 Å². The van der Waals surface area contributed by atoms with Gasteiger partial charge in [-0.1, -0.05) is 24.3 Å². The number of aliphatic hydroxyl groups is 1. The number of benzene rings is 2. The van der Waals surface area contributed by atoms with Gasteiger partial charge in [-0.15, -0.1) is 12.4 Å². The SMILES string of the molecule is Cl.NC(CCO)c1ccc2ccccc2c1[N+](=O)[O-]. The fourth-order valence-corrected chi connectivity index (χ4v) is 2.07. The number of hydrogen-bond acceptors (Lipinski definition) is 4. The maximum absolute atomic E-state index is 11.2. The Morgan fingerprint density at radius 3 is 2.58 bits per heavy atom. The van der Waals surface area contributed by atoms with Crippen LogP contribution >= 0.6 is 12.4 Å². The highest BCUT2D eigenvalue weighted by molar-refractivity contribution is 5.92. The summed E-state index contributed by atoms with van der Waals surface area (Å²) in [5.41, 5.74) is 6.37. The molecule has 0 bridgehead atoms. The van der Waals surface area contributed by atoms with Gasteiger partial charge in [-0.2, -0.15) is 0 Å². The monoisotopic (exact) mass is 282 g/mol. The molecule has 0 amide bonds. The Morgan fingerprint density at radius 2 is 1.95 bits per heavy atom. The Balaban J connectivity index is 0.00000180. The summed E-state index contributed by atoms with van der Waals surface area (Å²) in [5.74, 6) is 0. The Bertz CT molecular complexity index is 589. The number of halogens is 1. The molecule has 0 aliphatic rings. The lowest BCUT2D eigenvalue weighted by atomic mass is 9.98. The summed E-state index contributed by atoms with van der Waals surface area (Å²) >= 11 is 0. The highest BCUT2D eigenvalue weighted by Gasteiger charge is 2.22. The van der Waals surface area contributed by atoms with E-state index in [0.29, 0.717) is 17.4 Å². The van der Waals surface area contributed by atoms with Crippen LogP contribution in [0.1, 0.15) is 18.0 Å². The highest BCUT2D eigenvalue weighted by Crippen LogP contribution is 2.33. The standard InChI is InChI=1S/C13H14N2O3.ClH/c14-12(7-8-16)11-6-5-9-3-1-2-4-10(9)13(11)15(17)18;/h1-6,12,16H,7-8,14H2;1H. The summed E-state index contributed by atoms with van der Waals surface area (Å²) in [4.78, 5) is 10.8. The maximum Gasteiger partial charge on any atom is 0.281 e. The van der Waals surface area contributed by atoms with Crippen LogP contribution in [-0.4, -0.2) is 16.6 Å². The van der Waals surface area contributed by atoms with Crippen molar-refractivity contribution < 1.29 is 10.0 Å². The Morgan fingerprint density at radius 1 is 1.26 bits per heavy atom. The zero-order valence-electron chi connectivity index (χ0n) is 10.2. The fraction of sp³-hybridized carbons (Fsp3) is 0.231. The molecule has 102 valence electrons. The second kappa shape index (κ2) is 6.47. The van der Waals surface area contributed by atoms with Crippen molar-refractivity contribution >= 4 is 28.9 Å². The number of nitro groups is 1. The van der Waals surface area contributed by atoms with E-state index in [1.807, 2.05) is 18.2 Å². The van der Waals surface area contributed by atoms with Crippen LogP contribution in [0.25, 0.3) is 10.8 Å². The molecule has 3 N–H and O–H groups in total. The van der Waals surface area contributed by atoms with Crippen molar-refractivity contribution in [1.29, 1.82) is 0 Å². The van der Waals surface area contributed by atoms with Gasteiger partial charge in [0.15, 0.2) is 0 Å². The first-order chi connectivity index (χ1) is 8.65. The van der Waals surface area contributed by atoms with Gasteiger partial charge >= 0.3 is 0 Å². The predicted molar refractivity (Wildman–Crippen MR) is 76.5 cm³/mol. The van der Waals surface area contributed by atoms with Crippen molar-refractivity contribution in [2.75, 3.05) is 6.61 Å². The third kappa shape index (κ3) is 3.01. The number of nitrogens with zero attached hydrogens (tertiary/aromatic N) is 1. The molecule has 1 unspecified atom stereocenters. The number of hydrogen-bond donors (Lipinski definition) is 2. The van der Waals surface area contributed by atoms with Crippen LogP contribution in [0.15, 0.2) is 36.4 Å². The summed E-state index contributed by atoms with van der Waals surface area (Å²) in [7, 11) is 0. The first-order valence-corrected chi connectivity index (χ1v) is 5.67. The van der Waals surface area contributed by atoms with Crippen molar-refractivity contribution in [2.24, 2.45) is 5.73 Å². The number of aliphatic hydroxyl groups excluding tert-OH is 1. The maximum atomic E-state index is 11.2. The highest BCUT2D eigenvalue weighted by atomic mass is 35.5. The van der Waals surface area contributed by atoms with Crippen LogP contribution in [0.2, 0.25) is 0 Å². The van der Waals surface area contributed by atoms with Gasteiger partial charge < -0.3 is 10.8 Å². The minimum atomic E-state index is -0.528. The van der Waals surface area contributed by atoms with Crippen molar-refractivity contribution in [1.82, 2.24) is 0 Å². The first kappa shape index (κ1) is 15.4. The first-order valence-electron chi connectivity index (χ1n) is 5.67. The van der Waals surface area contributed by atoms with Crippen molar-refractivity contribution in [2.45, 2.75) is 12.5 Å². The molecular weight excluding hydrogens is 268 g/mol. The second-order valence-corrected chi connectivity index (χ2v) is 4.10. The van der Waals surface area contributed by atoms with Gasteiger partial charge in [-0.3, -0.25) is 10.1 Å². The lowest BCUT2D eigenvalue weighted by Gasteiger charge is -2.12. The molecule has 0 saturated carbocycles. The quantitative estimate of drug-likeness (QED) is 0.666. The molecule has 0 aliphatic carbocycles. The predicted octanol–water partition coefficient (Wildman–Crippen LogP) is 2.55. The molecular formula is C13H15ClN2O3. The van der Waals surface area contributed by atoms with E-state index in [1.165, 1.54) is 0 Å². The summed E-state index contributed by atoms with van der Waals surface area (Å²) in [6, 6.07) is 10.1. The van der Waals surface area contributed by atoms with Gasteiger partial charge in [0, 0.05) is 18.2 Å². The van der Waals surface area contributed by atoms with E-state index in [4.69, 9.17) is 10.8 Å². The molecule has 0 fully saturated rings. The fourth-order valence-electron chi connectivity index (χ4n) is 2.07. The summed E-state index contributed by atoms with van der Waals surface area (Å²) in [5, 5.41) is 21.5. The lowest BCUT2D eigenvalue weighted by Crippen LogP contribution is -2.14. The third-order valence-electron chi connectivity index (χ3n) is 2.95. The number of rotatable bonds is 4. The Kier molecular flexibility index (Phi) is 5.23. The Labute approximate surface area is 116 Å². The number of fused-ring (bicyclic) bond motifs is 1. The van der Waals surface area contributed by atoms with Gasteiger partial charge in [0.2, 0.25) is 0 Å². The molecule has 6 heteroatoms. The molecule has 5 nitrogen and oxygen atoms in total. The largest absolute Gasteiger partial charge is 0.396 e. The van der Waals surface area contributed by atoms with Crippen LogP contribution in [-0.2, 0) is 0 Å². The molecule has 0 aromatic heterocycles. The minimum absolute atomic E-state index is 0. The number of nitrogens with two attached hydrogens (primary N) is 1. The molecule has 19 heavy (non-hydrogen) atoms. The van der Waals surface area contributed by atoms with E-state index < -0.39 is 11.0 Å². The van der Waals surface area contributed by atoms with Gasteiger partial charge in [0.05, 0.1) is 10.3 Å². The normalized spacial score (nSPS) is 11.9. The lowest BCUT2D eigenvalue weighted by molar-refractivity contribution is -0.383. The third-order valence-corrected chi connectivity index (χ3v) is 2.95. The molecule has 2 aromatic carbocycles. The van der Waals surface area contributed by atoms with Crippen LogP contribution in [0.5, 0.6) is 0 Å². The van der Waals surface area contributed by atoms with E-state index in [1.54, 1.807) is 18.2 Å². The number of nitro benzene ring substituents is 1. The average Bonchev–Trinajstić information content (AvgIpc) is 2.37. The average molecular weight is 283 g/mol. The van der Waals surface area contributed by atoms with Crippen LogP contribution < -0.4 is 5.73 Å². The second-order valence-electron chi connectivity index (χ2n) is 4.10. The topological polar surface area (TPSA) is 89.4 Å². The van der Waals surface area contributed by atoms with Gasteiger partial charge in [0.1, 0.15) is 0 Å². The van der Waals surface area contributed by atoms with E-state index in [2.05, 4.69) is 0 Å². The summed E-state index contributed by atoms with van der Waals surface area (Å²) < 4.78 is 0. The van der Waals surface area contributed by atoms with Crippen molar-refractivity contribution in [3.8, 4) is 0 Å². The van der Waals surface area contributed by atoms with E-state index in [9.17, 15) is 10.1 Å². The van der Waals surface area contributed by atoms with Crippen LogP contribution in [0, 0.1) is 10.1 Å². The molecule has 0 saturated heterocycles.